The van der Waals surface area contributed by atoms with Crippen LogP contribution in [0.5, 0.6) is 5.75 Å². The predicted octanol–water partition coefficient (Wildman–Crippen LogP) is 3.87. The van der Waals surface area contributed by atoms with Gasteiger partial charge in [-0.2, -0.15) is 5.10 Å². The largest absolute Gasteiger partial charge is 0.496 e. The number of carbonyl (C=O) groups excluding carboxylic acids is 1. The lowest BCUT2D eigenvalue weighted by molar-refractivity contribution is 0.102. The number of nitrogens with one attached hydrogen (secondary N) is 4. The van der Waals surface area contributed by atoms with Crippen LogP contribution in [0.15, 0.2) is 43.0 Å². The minimum absolute atomic E-state index is 0.271. The zero-order valence-electron chi connectivity index (χ0n) is 18.4. The number of H-pyrrole nitrogens is 3. The number of amides is 1. The molecule has 4 N–H and O–H groups in total. The Bertz CT molecular complexity index is 1410. The van der Waals surface area contributed by atoms with Gasteiger partial charge in [0, 0.05) is 24.2 Å². The maximum atomic E-state index is 13.0. The third kappa shape index (κ3) is 3.71. The Labute approximate surface area is 188 Å². The number of rotatable bonds is 6. The van der Waals surface area contributed by atoms with E-state index in [4.69, 9.17) is 4.74 Å². The Morgan fingerprint density at radius 1 is 1.15 bits per heavy atom. The second-order valence-electron chi connectivity index (χ2n) is 7.55. The number of methoxy groups -OCH3 is 1. The van der Waals surface area contributed by atoms with Gasteiger partial charge in [0.1, 0.15) is 17.1 Å². The molecule has 0 saturated heterocycles. The Hall–Kier alpha value is -4.47. The fraction of sp³-hybridized carbons (Fsp3) is 0.174. The number of ether oxygens (including phenoxy) is 1. The van der Waals surface area contributed by atoms with Crippen LogP contribution in [-0.4, -0.2) is 48.1 Å². The highest BCUT2D eigenvalue weighted by molar-refractivity contribution is 6.07. The average molecular weight is 442 g/mol. The van der Waals surface area contributed by atoms with Crippen molar-refractivity contribution in [3.8, 4) is 28.7 Å². The van der Waals surface area contributed by atoms with Crippen LogP contribution >= 0.6 is 0 Å². The molecule has 1 aromatic carbocycles. The molecule has 1 amide bonds. The van der Waals surface area contributed by atoms with Crippen molar-refractivity contribution in [1.82, 2.24) is 35.1 Å². The molecule has 0 spiro atoms. The first-order chi connectivity index (χ1) is 16.1. The molecule has 0 fully saturated rings. The minimum atomic E-state index is -0.271. The van der Waals surface area contributed by atoms with Crippen molar-refractivity contribution in [3.63, 3.8) is 0 Å². The van der Waals surface area contributed by atoms with Gasteiger partial charge < -0.3 is 20.0 Å². The number of aromatic amines is 3. The van der Waals surface area contributed by atoms with Gasteiger partial charge in [-0.25, -0.2) is 4.98 Å². The molecule has 0 unspecified atom stereocenters. The number of benzene rings is 1. The van der Waals surface area contributed by atoms with Gasteiger partial charge in [0.25, 0.3) is 5.91 Å². The summed E-state index contributed by atoms with van der Waals surface area (Å²) in [6.07, 6.45) is 7.25. The average Bonchev–Trinajstić information content (AvgIpc) is 3.56. The number of hydrogen-bond acceptors (Lipinski definition) is 6. The van der Waals surface area contributed by atoms with Gasteiger partial charge in [0.05, 0.1) is 47.5 Å². The van der Waals surface area contributed by atoms with Crippen LogP contribution in [0.4, 0.5) is 5.69 Å². The summed E-state index contributed by atoms with van der Waals surface area (Å²) < 4.78 is 5.47. The van der Waals surface area contributed by atoms with E-state index in [0.717, 1.165) is 40.2 Å². The lowest BCUT2D eigenvalue weighted by atomic mass is 10.1. The highest BCUT2D eigenvalue weighted by atomic mass is 16.5. The summed E-state index contributed by atoms with van der Waals surface area (Å²) >= 11 is 0. The summed E-state index contributed by atoms with van der Waals surface area (Å²) in [7, 11) is 1.65. The van der Waals surface area contributed by atoms with Gasteiger partial charge in [-0.15, -0.1) is 0 Å². The molecule has 0 radical (unpaired) electrons. The van der Waals surface area contributed by atoms with Crippen molar-refractivity contribution < 1.29 is 9.53 Å². The van der Waals surface area contributed by atoms with E-state index in [2.05, 4.69) is 47.4 Å². The molecule has 10 nitrogen and oxygen atoms in total. The van der Waals surface area contributed by atoms with Crippen molar-refractivity contribution in [2.24, 2.45) is 0 Å². The highest BCUT2D eigenvalue weighted by Gasteiger charge is 2.19. The van der Waals surface area contributed by atoms with E-state index in [1.54, 1.807) is 38.0 Å². The number of imidazole rings is 1. The molecule has 4 heterocycles. The lowest BCUT2D eigenvalue weighted by Crippen LogP contribution is -2.12. The van der Waals surface area contributed by atoms with Crippen molar-refractivity contribution >= 4 is 22.6 Å². The first-order valence-electron chi connectivity index (χ1n) is 10.4. The Balaban J connectivity index is 1.44. The van der Waals surface area contributed by atoms with Gasteiger partial charge in [0.15, 0.2) is 5.82 Å². The molecular weight excluding hydrogens is 420 g/mol. The van der Waals surface area contributed by atoms with Crippen molar-refractivity contribution in [3.05, 3.63) is 59.8 Å². The summed E-state index contributed by atoms with van der Waals surface area (Å²) in [5.41, 5.74) is 6.43. The molecule has 0 aliphatic carbocycles. The number of carbonyl (C=O) groups is 1. The normalized spacial score (nSPS) is 11.1. The second-order valence-corrected chi connectivity index (χ2v) is 7.55. The van der Waals surface area contributed by atoms with E-state index in [9.17, 15) is 4.79 Å². The van der Waals surface area contributed by atoms with Crippen molar-refractivity contribution in [2.45, 2.75) is 20.3 Å². The van der Waals surface area contributed by atoms with E-state index in [-0.39, 0.29) is 5.91 Å². The summed E-state index contributed by atoms with van der Waals surface area (Å²) in [6, 6.07) is 5.69. The van der Waals surface area contributed by atoms with Crippen LogP contribution in [0.25, 0.3) is 33.9 Å². The zero-order valence-corrected chi connectivity index (χ0v) is 18.4. The molecule has 5 rings (SSSR count). The minimum Gasteiger partial charge on any atom is -0.496 e. The Morgan fingerprint density at radius 3 is 2.79 bits per heavy atom. The lowest BCUT2D eigenvalue weighted by Gasteiger charge is -2.05. The zero-order chi connectivity index (χ0) is 22.9. The molecule has 0 saturated carbocycles. The van der Waals surface area contributed by atoms with E-state index in [0.29, 0.717) is 28.5 Å². The Morgan fingerprint density at radius 2 is 2.03 bits per heavy atom. The van der Waals surface area contributed by atoms with Gasteiger partial charge in [-0.3, -0.25) is 19.9 Å². The van der Waals surface area contributed by atoms with Gasteiger partial charge in [0.2, 0.25) is 0 Å². The van der Waals surface area contributed by atoms with Crippen LogP contribution in [0.1, 0.15) is 28.5 Å². The van der Waals surface area contributed by atoms with Crippen LogP contribution in [0.3, 0.4) is 0 Å². The number of hydrogen-bond donors (Lipinski definition) is 4. The van der Waals surface area contributed by atoms with Crippen molar-refractivity contribution in [2.75, 3.05) is 12.4 Å². The molecule has 4 aromatic heterocycles. The molecule has 0 bridgehead atoms. The quantitative estimate of drug-likeness (QED) is 0.315. The highest BCUT2D eigenvalue weighted by Crippen LogP contribution is 2.30. The number of nitrogens with zero attached hydrogens (tertiary/aromatic N) is 4. The molecule has 0 atom stereocenters. The number of anilines is 1. The molecule has 33 heavy (non-hydrogen) atoms. The van der Waals surface area contributed by atoms with Gasteiger partial charge >= 0.3 is 0 Å². The SMILES string of the molecule is CCc1cc2[nH]c(-c3[nH]ncc3NC(=O)c3cc(-c4cnccn4)[nH]c3C)nc2cc1OC. The van der Waals surface area contributed by atoms with E-state index in [1.807, 2.05) is 19.1 Å². The molecule has 5 aromatic rings. The molecule has 0 aliphatic heterocycles. The molecule has 166 valence electrons. The third-order valence-electron chi connectivity index (χ3n) is 5.49. The maximum Gasteiger partial charge on any atom is 0.257 e. The Kier molecular flexibility index (Phi) is 5.09. The van der Waals surface area contributed by atoms with Gasteiger partial charge in [-0.05, 0) is 31.0 Å². The van der Waals surface area contributed by atoms with Gasteiger partial charge in [-0.1, -0.05) is 6.92 Å². The summed E-state index contributed by atoms with van der Waals surface area (Å²) in [5.74, 6) is 1.09. The first-order valence-corrected chi connectivity index (χ1v) is 10.4. The van der Waals surface area contributed by atoms with Crippen LogP contribution < -0.4 is 10.1 Å². The van der Waals surface area contributed by atoms with E-state index < -0.39 is 0 Å². The number of aromatic nitrogens is 7. The maximum absolute atomic E-state index is 13.0. The number of aryl methyl sites for hydroxylation is 2. The molecule has 10 heteroatoms. The predicted molar refractivity (Wildman–Crippen MR) is 124 cm³/mol. The summed E-state index contributed by atoms with van der Waals surface area (Å²) in [5, 5.41) is 9.96. The fourth-order valence-corrected chi connectivity index (χ4v) is 3.79. The van der Waals surface area contributed by atoms with Crippen LogP contribution in [-0.2, 0) is 6.42 Å². The third-order valence-corrected chi connectivity index (χ3v) is 5.49. The van der Waals surface area contributed by atoms with E-state index >= 15 is 0 Å². The number of fused-ring (bicyclic) bond motifs is 1. The summed E-state index contributed by atoms with van der Waals surface area (Å²) in [4.78, 5) is 32.6. The van der Waals surface area contributed by atoms with Crippen LogP contribution in [0, 0.1) is 6.92 Å². The smallest absolute Gasteiger partial charge is 0.257 e. The first kappa shape index (κ1) is 20.4. The molecular formula is C23H22N8O2. The second kappa shape index (κ2) is 8.23. The van der Waals surface area contributed by atoms with Crippen molar-refractivity contribution in [1.29, 1.82) is 0 Å². The van der Waals surface area contributed by atoms with E-state index in [1.165, 1.54) is 0 Å². The monoisotopic (exact) mass is 442 g/mol. The summed E-state index contributed by atoms with van der Waals surface area (Å²) in [6.45, 7) is 3.91. The topological polar surface area (TPSA) is 137 Å². The fourth-order valence-electron chi connectivity index (χ4n) is 3.79. The van der Waals surface area contributed by atoms with Crippen LogP contribution in [0.2, 0.25) is 0 Å². The molecule has 0 aliphatic rings. The standard InChI is InChI=1S/C23H22N8O2/c1-4-13-7-15-17(9-20(13)33-3)29-22(28-15)21-19(11-26-31-21)30-23(32)14-8-16(27-12(14)2)18-10-24-5-6-25-18/h5-11,27H,4H2,1-3H3,(H,26,31)(H,28,29)(H,30,32).